The summed E-state index contributed by atoms with van der Waals surface area (Å²) in [6.45, 7) is 3.62. The van der Waals surface area contributed by atoms with E-state index in [1.807, 2.05) is 37.4 Å². The van der Waals surface area contributed by atoms with Gasteiger partial charge >= 0.3 is 0 Å². The van der Waals surface area contributed by atoms with Crippen LogP contribution < -0.4 is 0 Å². The molecular weight excluding hydrogens is 406 g/mol. The number of carbonyl (C=O) groups excluding carboxylic acids is 2. The van der Waals surface area contributed by atoms with Crippen molar-refractivity contribution in [1.29, 1.82) is 5.26 Å². The van der Waals surface area contributed by atoms with Crippen LogP contribution in [0.15, 0.2) is 59.2 Å². The summed E-state index contributed by atoms with van der Waals surface area (Å²) in [7, 11) is 2.01. The average molecular weight is 428 g/mol. The molecule has 0 unspecified atom stereocenters. The van der Waals surface area contributed by atoms with Gasteiger partial charge in [0, 0.05) is 29.7 Å². The van der Waals surface area contributed by atoms with Crippen LogP contribution >= 0.6 is 11.3 Å². The SMILES string of the molecule is CCN1C(=O)C(C#N)=C(C)/C(=C/c2cc3c(cc(/C=C/c4ccccc4)n3C)s2)C1=O. The number of nitrogens with zero attached hydrogens (tertiary/aromatic N) is 3. The van der Waals surface area contributed by atoms with Crippen LogP contribution in [0.1, 0.15) is 30.0 Å². The molecule has 1 aliphatic heterocycles. The first-order chi connectivity index (χ1) is 14.9. The molecule has 2 amide bonds. The third-order valence-electron chi connectivity index (χ3n) is 5.46. The smallest absolute Gasteiger partial charge is 0.271 e. The van der Waals surface area contributed by atoms with Crippen molar-refractivity contribution in [3.05, 3.63) is 75.3 Å². The summed E-state index contributed by atoms with van der Waals surface area (Å²) in [6, 6.07) is 16.2. The predicted octanol–water partition coefficient (Wildman–Crippen LogP) is 5.02. The first-order valence-electron chi connectivity index (χ1n) is 9.96. The largest absolute Gasteiger partial charge is 0.343 e. The minimum absolute atomic E-state index is 0.0298. The number of hydrogen-bond acceptors (Lipinski definition) is 4. The highest BCUT2D eigenvalue weighted by molar-refractivity contribution is 7.19. The zero-order valence-corrected chi connectivity index (χ0v) is 18.4. The summed E-state index contributed by atoms with van der Waals surface area (Å²) < 4.78 is 3.22. The number of fused-ring (bicyclic) bond motifs is 1. The Bertz CT molecular complexity index is 1330. The molecular formula is C25H21N3O2S. The molecule has 0 saturated carbocycles. The summed E-state index contributed by atoms with van der Waals surface area (Å²) in [5, 5.41) is 9.40. The lowest BCUT2D eigenvalue weighted by molar-refractivity contribution is -0.140. The molecule has 6 heteroatoms. The van der Waals surface area contributed by atoms with Gasteiger partial charge in [-0.25, -0.2) is 0 Å². The van der Waals surface area contributed by atoms with Crippen molar-refractivity contribution in [2.45, 2.75) is 13.8 Å². The van der Waals surface area contributed by atoms with Crippen LogP contribution in [0, 0.1) is 11.3 Å². The molecule has 0 aliphatic carbocycles. The fraction of sp³-hybridized carbons (Fsp3) is 0.160. The number of thiophene rings is 1. The third kappa shape index (κ3) is 3.65. The fourth-order valence-corrected chi connectivity index (χ4v) is 4.77. The Hall–Kier alpha value is -3.69. The summed E-state index contributed by atoms with van der Waals surface area (Å²) in [6.07, 6.45) is 5.95. The van der Waals surface area contributed by atoms with E-state index < -0.39 is 5.91 Å². The van der Waals surface area contributed by atoms with Gasteiger partial charge in [0.05, 0.1) is 10.2 Å². The minimum Gasteiger partial charge on any atom is -0.343 e. The van der Waals surface area contributed by atoms with Gasteiger partial charge in [0.2, 0.25) is 0 Å². The zero-order chi connectivity index (χ0) is 22.1. The second-order valence-electron chi connectivity index (χ2n) is 7.29. The van der Waals surface area contributed by atoms with E-state index in [4.69, 9.17) is 0 Å². The van der Waals surface area contributed by atoms with E-state index in [1.54, 1.807) is 31.3 Å². The van der Waals surface area contributed by atoms with E-state index in [0.717, 1.165) is 31.3 Å². The van der Waals surface area contributed by atoms with Crippen molar-refractivity contribution >= 4 is 51.6 Å². The maximum Gasteiger partial charge on any atom is 0.271 e. The van der Waals surface area contributed by atoms with Crippen molar-refractivity contribution in [3.63, 3.8) is 0 Å². The molecule has 1 aromatic carbocycles. The number of carbonyl (C=O) groups is 2. The van der Waals surface area contributed by atoms with Gasteiger partial charge in [0.25, 0.3) is 11.8 Å². The number of hydrogen-bond donors (Lipinski definition) is 0. The molecule has 0 atom stereocenters. The van der Waals surface area contributed by atoms with E-state index in [2.05, 4.69) is 34.9 Å². The third-order valence-corrected chi connectivity index (χ3v) is 6.48. The minimum atomic E-state index is -0.518. The molecule has 3 aromatic rings. The second kappa shape index (κ2) is 8.21. The van der Waals surface area contributed by atoms with Gasteiger partial charge in [-0.2, -0.15) is 5.26 Å². The number of imide groups is 1. The van der Waals surface area contributed by atoms with Crippen LogP contribution in [0.25, 0.3) is 28.4 Å². The predicted molar refractivity (Wildman–Crippen MR) is 125 cm³/mol. The van der Waals surface area contributed by atoms with E-state index in [0.29, 0.717) is 11.1 Å². The van der Waals surface area contributed by atoms with E-state index >= 15 is 0 Å². The number of aryl methyl sites for hydroxylation is 1. The van der Waals surface area contributed by atoms with Crippen molar-refractivity contribution in [2.24, 2.45) is 7.05 Å². The molecule has 5 nitrogen and oxygen atoms in total. The van der Waals surface area contributed by atoms with Crippen molar-refractivity contribution in [1.82, 2.24) is 9.47 Å². The molecule has 0 spiro atoms. The van der Waals surface area contributed by atoms with Crippen LogP contribution in [0.3, 0.4) is 0 Å². The van der Waals surface area contributed by atoms with Gasteiger partial charge in [-0.15, -0.1) is 11.3 Å². The molecule has 154 valence electrons. The maximum atomic E-state index is 12.8. The Morgan fingerprint density at radius 1 is 1.10 bits per heavy atom. The Morgan fingerprint density at radius 3 is 2.48 bits per heavy atom. The van der Waals surface area contributed by atoms with Gasteiger partial charge in [-0.1, -0.05) is 36.4 Å². The summed E-state index contributed by atoms with van der Waals surface area (Å²) >= 11 is 1.58. The number of rotatable bonds is 4. The Morgan fingerprint density at radius 2 is 1.84 bits per heavy atom. The maximum absolute atomic E-state index is 12.8. The highest BCUT2D eigenvalue weighted by Gasteiger charge is 2.34. The molecule has 2 aromatic heterocycles. The molecule has 0 saturated heterocycles. The van der Waals surface area contributed by atoms with Gasteiger partial charge < -0.3 is 4.57 Å². The number of aromatic nitrogens is 1. The number of benzene rings is 1. The molecule has 4 rings (SSSR count). The zero-order valence-electron chi connectivity index (χ0n) is 17.5. The Kier molecular flexibility index (Phi) is 5.45. The Balaban J connectivity index is 1.71. The van der Waals surface area contributed by atoms with Crippen LogP contribution in [-0.4, -0.2) is 27.8 Å². The van der Waals surface area contributed by atoms with Gasteiger partial charge in [0.1, 0.15) is 11.6 Å². The van der Waals surface area contributed by atoms with Crippen molar-refractivity contribution in [2.75, 3.05) is 6.54 Å². The highest BCUT2D eigenvalue weighted by atomic mass is 32.1. The van der Waals surface area contributed by atoms with E-state index in [-0.39, 0.29) is 18.0 Å². The first kappa shape index (κ1) is 20.6. The molecule has 0 fully saturated rings. The number of amides is 2. The lowest BCUT2D eigenvalue weighted by Gasteiger charge is -2.26. The normalized spacial score (nSPS) is 16.2. The quantitative estimate of drug-likeness (QED) is 0.434. The summed E-state index contributed by atoms with van der Waals surface area (Å²) in [4.78, 5) is 27.2. The van der Waals surface area contributed by atoms with Crippen LogP contribution in [0.4, 0.5) is 0 Å². The van der Waals surface area contributed by atoms with Crippen LogP contribution in [0.5, 0.6) is 0 Å². The van der Waals surface area contributed by atoms with Crippen LogP contribution in [0.2, 0.25) is 0 Å². The molecule has 1 aliphatic rings. The van der Waals surface area contributed by atoms with Crippen molar-refractivity contribution in [3.8, 4) is 6.07 Å². The standard InChI is InChI=1S/C25H21N3O2S/c1-4-28-24(29)20(16(2)21(15-26)25(28)30)13-19-14-22-23(31-19)12-18(27(22)3)11-10-17-8-6-5-7-9-17/h5-14H,4H2,1-3H3/b11-10+,20-13-. The average Bonchev–Trinajstić information content (AvgIpc) is 3.29. The van der Waals surface area contributed by atoms with Gasteiger partial charge in [-0.3, -0.25) is 14.5 Å². The number of nitriles is 1. The molecule has 0 N–H and O–H groups in total. The highest BCUT2D eigenvalue weighted by Crippen LogP contribution is 2.33. The molecule has 3 heterocycles. The van der Waals surface area contributed by atoms with Gasteiger partial charge in [-0.05, 0) is 49.3 Å². The van der Waals surface area contributed by atoms with Crippen LogP contribution in [-0.2, 0) is 16.6 Å². The lowest BCUT2D eigenvalue weighted by Crippen LogP contribution is -2.42. The summed E-state index contributed by atoms with van der Waals surface area (Å²) in [5.41, 5.74) is 4.16. The summed E-state index contributed by atoms with van der Waals surface area (Å²) in [5.74, 6) is -0.872. The lowest BCUT2D eigenvalue weighted by atomic mass is 9.95. The first-order valence-corrected chi connectivity index (χ1v) is 10.8. The van der Waals surface area contributed by atoms with Gasteiger partial charge in [0.15, 0.2) is 0 Å². The van der Waals surface area contributed by atoms with E-state index in [9.17, 15) is 14.9 Å². The second-order valence-corrected chi connectivity index (χ2v) is 8.41. The topological polar surface area (TPSA) is 66.1 Å². The molecule has 31 heavy (non-hydrogen) atoms. The number of likely N-dealkylation sites (N-methyl/N-ethyl adjacent to an activating group) is 1. The fourth-order valence-electron chi connectivity index (χ4n) is 3.69. The monoisotopic (exact) mass is 427 g/mol. The molecule has 0 radical (unpaired) electrons. The van der Waals surface area contributed by atoms with E-state index in [1.165, 1.54) is 0 Å². The molecule has 0 bridgehead atoms. The van der Waals surface area contributed by atoms with Crippen molar-refractivity contribution < 1.29 is 9.59 Å². The Labute approximate surface area is 184 Å².